The number of amides is 1. The number of nitrogens with one attached hydrogen (secondary N) is 1. The first-order valence-electron chi connectivity index (χ1n) is 8.46. The summed E-state index contributed by atoms with van der Waals surface area (Å²) in [4.78, 5) is 24.9. The number of benzene rings is 1. The van der Waals surface area contributed by atoms with Gasteiger partial charge in [0.2, 0.25) is 0 Å². The molecule has 0 saturated heterocycles. The highest BCUT2D eigenvalue weighted by atomic mass is 32.2. The number of nitrogens with zero attached hydrogens (tertiary/aromatic N) is 1. The Morgan fingerprint density at radius 1 is 1.27 bits per heavy atom. The molecule has 2 aromatic rings. The largest absolute Gasteiger partial charge is 0.452 e. The molecule has 0 bridgehead atoms. The molecular formula is C19H24N2O4S. The van der Waals surface area contributed by atoms with E-state index in [0.717, 1.165) is 21.9 Å². The molecule has 0 unspecified atom stereocenters. The molecule has 0 spiro atoms. The monoisotopic (exact) mass is 376 g/mol. The second-order valence-electron chi connectivity index (χ2n) is 6.36. The fourth-order valence-corrected chi connectivity index (χ4v) is 3.39. The van der Waals surface area contributed by atoms with Crippen LogP contribution in [0.2, 0.25) is 0 Å². The Morgan fingerprint density at radius 3 is 2.65 bits per heavy atom. The van der Waals surface area contributed by atoms with E-state index < -0.39 is 5.97 Å². The summed E-state index contributed by atoms with van der Waals surface area (Å²) >= 11 is 1.51. The molecule has 140 valence electrons. The zero-order valence-corrected chi connectivity index (χ0v) is 16.3. The Hall–Kier alpha value is -2.28. The number of aryl methyl sites for hydroxylation is 2. The third-order valence-electron chi connectivity index (χ3n) is 3.70. The van der Waals surface area contributed by atoms with Crippen LogP contribution in [0, 0.1) is 19.8 Å². The fraction of sp³-hybridized carbons (Fsp3) is 0.421. The molecule has 0 aliphatic rings. The summed E-state index contributed by atoms with van der Waals surface area (Å²) in [6, 6.07) is 7.19. The molecule has 6 nitrogen and oxygen atoms in total. The summed E-state index contributed by atoms with van der Waals surface area (Å²) in [5.74, 6) is 0.952. The Labute approximate surface area is 157 Å². The number of ether oxygens (including phenoxy) is 1. The summed E-state index contributed by atoms with van der Waals surface area (Å²) < 4.78 is 10.3. The Kier molecular flexibility index (Phi) is 7.26. The van der Waals surface area contributed by atoms with Crippen molar-refractivity contribution in [2.24, 2.45) is 5.92 Å². The minimum absolute atomic E-state index is 0.283. The summed E-state index contributed by atoms with van der Waals surface area (Å²) in [6.45, 7) is 8.03. The maximum absolute atomic E-state index is 12.4. The highest BCUT2D eigenvalue weighted by molar-refractivity contribution is 7.98. The minimum Gasteiger partial charge on any atom is -0.452 e. The van der Waals surface area contributed by atoms with E-state index >= 15 is 0 Å². The standard InChI is InChI=1S/C19H24N2O4S/c1-12(2)9-20-18(22)10-24-19(23)15-7-5-6-8-17(15)26-11-16-13(3)21-25-14(16)4/h5-8,12H,9-11H2,1-4H3,(H,20,22). The van der Waals surface area contributed by atoms with Gasteiger partial charge in [-0.05, 0) is 31.9 Å². The lowest BCUT2D eigenvalue weighted by Crippen LogP contribution is -2.31. The lowest BCUT2D eigenvalue weighted by atomic mass is 10.2. The zero-order valence-electron chi connectivity index (χ0n) is 15.5. The van der Waals surface area contributed by atoms with Crippen LogP contribution < -0.4 is 5.32 Å². The van der Waals surface area contributed by atoms with Gasteiger partial charge >= 0.3 is 5.97 Å². The topological polar surface area (TPSA) is 81.4 Å². The van der Waals surface area contributed by atoms with Crippen LogP contribution in [0.15, 0.2) is 33.7 Å². The van der Waals surface area contributed by atoms with E-state index in [9.17, 15) is 9.59 Å². The van der Waals surface area contributed by atoms with Gasteiger partial charge in [0.15, 0.2) is 6.61 Å². The van der Waals surface area contributed by atoms with Crippen molar-refractivity contribution in [1.82, 2.24) is 10.5 Å². The van der Waals surface area contributed by atoms with Gasteiger partial charge in [0, 0.05) is 22.8 Å². The van der Waals surface area contributed by atoms with Crippen LogP contribution in [0.3, 0.4) is 0 Å². The Morgan fingerprint density at radius 2 is 2.00 bits per heavy atom. The maximum atomic E-state index is 12.4. The zero-order chi connectivity index (χ0) is 19.1. The second kappa shape index (κ2) is 9.43. The van der Waals surface area contributed by atoms with Crippen molar-refractivity contribution >= 4 is 23.6 Å². The molecule has 0 aliphatic heterocycles. The third kappa shape index (κ3) is 5.62. The van der Waals surface area contributed by atoms with Gasteiger partial charge in [-0.25, -0.2) is 4.79 Å². The summed E-state index contributed by atoms with van der Waals surface area (Å²) in [5.41, 5.74) is 2.31. The number of esters is 1. The molecule has 1 amide bonds. The molecule has 2 rings (SSSR count). The van der Waals surface area contributed by atoms with E-state index in [1.807, 2.05) is 39.8 Å². The number of hydrogen-bond acceptors (Lipinski definition) is 6. The van der Waals surface area contributed by atoms with Crippen LogP contribution in [0.4, 0.5) is 0 Å². The highest BCUT2D eigenvalue weighted by Crippen LogP contribution is 2.29. The molecule has 0 aliphatic carbocycles. The van der Waals surface area contributed by atoms with Crippen LogP contribution in [0.25, 0.3) is 0 Å². The van der Waals surface area contributed by atoms with Crippen LogP contribution in [-0.4, -0.2) is 30.2 Å². The molecule has 1 heterocycles. The van der Waals surface area contributed by atoms with Crippen LogP contribution in [0.1, 0.15) is 41.2 Å². The van der Waals surface area contributed by atoms with E-state index in [-0.39, 0.29) is 12.5 Å². The van der Waals surface area contributed by atoms with Crippen molar-refractivity contribution in [3.8, 4) is 0 Å². The Bertz CT molecular complexity index is 751. The summed E-state index contributed by atoms with van der Waals surface area (Å²) in [5, 5.41) is 6.66. The molecule has 1 aromatic carbocycles. The maximum Gasteiger partial charge on any atom is 0.339 e. The first kappa shape index (κ1) is 20.0. The molecular weight excluding hydrogens is 352 g/mol. The third-order valence-corrected chi connectivity index (χ3v) is 4.80. The van der Waals surface area contributed by atoms with Gasteiger partial charge in [-0.2, -0.15) is 0 Å². The van der Waals surface area contributed by atoms with E-state index in [2.05, 4.69) is 10.5 Å². The lowest BCUT2D eigenvalue weighted by molar-refractivity contribution is -0.124. The van der Waals surface area contributed by atoms with Gasteiger partial charge < -0.3 is 14.6 Å². The molecule has 26 heavy (non-hydrogen) atoms. The summed E-state index contributed by atoms with van der Waals surface area (Å²) in [7, 11) is 0. The van der Waals surface area contributed by atoms with Gasteiger partial charge in [0.1, 0.15) is 5.76 Å². The fourth-order valence-electron chi connectivity index (χ4n) is 2.20. The van der Waals surface area contributed by atoms with Gasteiger partial charge in [-0.15, -0.1) is 11.8 Å². The van der Waals surface area contributed by atoms with E-state index in [4.69, 9.17) is 9.26 Å². The first-order valence-corrected chi connectivity index (χ1v) is 9.44. The molecule has 0 atom stereocenters. The van der Waals surface area contributed by atoms with Crippen molar-refractivity contribution in [3.63, 3.8) is 0 Å². The Balaban J connectivity index is 1.97. The molecule has 0 radical (unpaired) electrons. The van der Waals surface area contributed by atoms with Gasteiger partial charge in [0.05, 0.1) is 11.3 Å². The van der Waals surface area contributed by atoms with Crippen LogP contribution in [-0.2, 0) is 15.3 Å². The van der Waals surface area contributed by atoms with Gasteiger partial charge in [0.25, 0.3) is 5.91 Å². The minimum atomic E-state index is -0.508. The predicted octanol–water partition coefficient (Wildman–Crippen LogP) is 3.51. The van der Waals surface area contributed by atoms with E-state index in [1.54, 1.807) is 12.1 Å². The van der Waals surface area contributed by atoms with Crippen molar-refractivity contribution in [2.75, 3.05) is 13.2 Å². The number of carbonyl (C=O) groups is 2. The average molecular weight is 376 g/mol. The molecule has 0 saturated carbocycles. The number of thioether (sulfide) groups is 1. The quantitative estimate of drug-likeness (QED) is 0.561. The summed E-state index contributed by atoms with van der Waals surface area (Å²) in [6.07, 6.45) is 0. The number of hydrogen-bond donors (Lipinski definition) is 1. The van der Waals surface area contributed by atoms with Gasteiger partial charge in [-0.1, -0.05) is 31.1 Å². The van der Waals surface area contributed by atoms with Crippen molar-refractivity contribution in [3.05, 3.63) is 46.8 Å². The normalized spacial score (nSPS) is 10.8. The highest BCUT2D eigenvalue weighted by Gasteiger charge is 2.16. The van der Waals surface area contributed by atoms with Crippen LogP contribution in [0.5, 0.6) is 0 Å². The molecule has 0 fully saturated rings. The first-order chi connectivity index (χ1) is 12.4. The second-order valence-corrected chi connectivity index (χ2v) is 7.38. The molecule has 1 aromatic heterocycles. The van der Waals surface area contributed by atoms with Crippen molar-refractivity contribution in [1.29, 1.82) is 0 Å². The van der Waals surface area contributed by atoms with Crippen LogP contribution >= 0.6 is 11.8 Å². The smallest absolute Gasteiger partial charge is 0.339 e. The van der Waals surface area contributed by atoms with E-state index in [1.165, 1.54) is 11.8 Å². The number of rotatable bonds is 8. The number of aromatic nitrogens is 1. The van der Waals surface area contributed by atoms with E-state index in [0.29, 0.717) is 23.8 Å². The molecule has 7 heteroatoms. The predicted molar refractivity (Wildman–Crippen MR) is 100 cm³/mol. The average Bonchev–Trinajstić information content (AvgIpc) is 2.94. The SMILES string of the molecule is Cc1noc(C)c1CSc1ccccc1C(=O)OCC(=O)NCC(C)C. The number of carbonyl (C=O) groups excluding carboxylic acids is 2. The van der Waals surface area contributed by atoms with Crippen molar-refractivity contribution < 1.29 is 18.8 Å². The lowest BCUT2D eigenvalue weighted by Gasteiger charge is -2.10. The van der Waals surface area contributed by atoms with Crippen molar-refractivity contribution in [2.45, 2.75) is 38.3 Å². The molecule has 1 N–H and O–H groups in total. The van der Waals surface area contributed by atoms with Gasteiger partial charge in [-0.3, -0.25) is 4.79 Å².